The molecule has 0 bridgehead atoms. The molecule has 4 atom stereocenters. The van der Waals surface area contributed by atoms with Crippen LogP contribution in [0.1, 0.15) is 30.1 Å². The van der Waals surface area contributed by atoms with Gasteiger partial charge in [-0.1, -0.05) is 0 Å². The highest BCUT2D eigenvalue weighted by Crippen LogP contribution is 2.38. The Morgan fingerprint density at radius 2 is 1.75 bits per heavy atom. The molecule has 0 unspecified atom stereocenters. The smallest absolute Gasteiger partial charge is 0.300 e. The molecule has 152 valence electrons. The van der Waals surface area contributed by atoms with Crippen molar-refractivity contribution >= 4 is 22.9 Å². The van der Waals surface area contributed by atoms with Crippen molar-refractivity contribution in [2.75, 3.05) is 27.2 Å². The van der Waals surface area contributed by atoms with Gasteiger partial charge in [-0.15, -0.1) is 0 Å². The maximum atomic E-state index is 12.8. The lowest BCUT2D eigenvalue weighted by atomic mass is 9.77. The second-order valence-corrected chi connectivity index (χ2v) is 7.85. The number of hydrogen-bond acceptors (Lipinski definition) is 6. The van der Waals surface area contributed by atoms with Crippen molar-refractivity contribution < 1.29 is 19.8 Å². The molecule has 2 aromatic rings. The van der Waals surface area contributed by atoms with E-state index in [1.54, 1.807) is 6.07 Å². The maximum Gasteiger partial charge on any atom is 0.300 e. The standard InChI is InChI=1S/C17H23N5O2.C2H4O2/c1-21(2)15-6-11-8-22(9-12(11)7-16(15)23)17(24)10-3-4-13-14(5-10)19-20-18-13;1-2(3)4/h3-5,11-12,15-16,23H,6-9H2,1-2H3,(H,18,19,20);1H3,(H,3,4)/t11-,12+,15-,16-;/m1./s1. The van der Waals surface area contributed by atoms with E-state index >= 15 is 0 Å². The number of carboxylic acids is 1. The number of likely N-dealkylation sites (tertiary alicyclic amines) is 1. The Morgan fingerprint density at radius 3 is 2.39 bits per heavy atom. The van der Waals surface area contributed by atoms with Crippen LogP contribution in [0.25, 0.3) is 11.0 Å². The normalized spacial score (nSPS) is 26.7. The van der Waals surface area contributed by atoms with Crippen molar-refractivity contribution in [2.24, 2.45) is 11.8 Å². The quantitative estimate of drug-likeness (QED) is 0.695. The molecular formula is C19H27N5O4. The zero-order valence-corrected chi connectivity index (χ0v) is 16.4. The van der Waals surface area contributed by atoms with Gasteiger partial charge in [-0.2, -0.15) is 15.4 Å². The van der Waals surface area contributed by atoms with Crippen molar-refractivity contribution in [3.63, 3.8) is 0 Å². The Morgan fingerprint density at radius 1 is 1.14 bits per heavy atom. The topological polar surface area (TPSA) is 123 Å². The van der Waals surface area contributed by atoms with Gasteiger partial charge in [-0.05, 0) is 57.0 Å². The van der Waals surface area contributed by atoms with E-state index in [2.05, 4.69) is 20.3 Å². The van der Waals surface area contributed by atoms with Gasteiger partial charge < -0.3 is 20.0 Å². The molecule has 1 amide bonds. The molecule has 1 saturated carbocycles. The Hall–Kier alpha value is -2.52. The molecule has 9 heteroatoms. The summed E-state index contributed by atoms with van der Waals surface area (Å²) in [7, 11) is 4.03. The zero-order chi connectivity index (χ0) is 20.4. The van der Waals surface area contributed by atoms with E-state index in [1.807, 2.05) is 31.1 Å². The minimum absolute atomic E-state index is 0.0465. The summed E-state index contributed by atoms with van der Waals surface area (Å²) in [5, 5.41) is 28.4. The Balaban J connectivity index is 0.000000516. The highest BCUT2D eigenvalue weighted by molar-refractivity contribution is 5.97. The number of nitrogens with zero attached hydrogens (tertiary/aromatic N) is 4. The van der Waals surface area contributed by atoms with Gasteiger partial charge in [0.25, 0.3) is 11.9 Å². The number of benzene rings is 1. The molecule has 2 aliphatic rings. The predicted molar refractivity (Wildman–Crippen MR) is 103 cm³/mol. The molecule has 0 spiro atoms. The van der Waals surface area contributed by atoms with Crippen molar-refractivity contribution in [2.45, 2.75) is 31.9 Å². The Kier molecular flexibility index (Phi) is 5.95. The van der Waals surface area contributed by atoms with E-state index in [9.17, 15) is 9.90 Å². The molecule has 2 heterocycles. The Bertz CT molecular complexity index is 848. The number of hydrogen-bond donors (Lipinski definition) is 3. The first-order valence-corrected chi connectivity index (χ1v) is 9.40. The molecule has 28 heavy (non-hydrogen) atoms. The highest BCUT2D eigenvalue weighted by Gasteiger charge is 2.43. The molecule has 1 aliphatic carbocycles. The molecular weight excluding hydrogens is 362 g/mol. The number of H-pyrrole nitrogens is 1. The van der Waals surface area contributed by atoms with E-state index in [0.717, 1.165) is 38.4 Å². The van der Waals surface area contributed by atoms with Crippen LogP contribution in [0.15, 0.2) is 18.2 Å². The third-order valence-corrected chi connectivity index (χ3v) is 5.62. The molecule has 1 saturated heterocycles. The van der Waals surface area contributed by atoms with Crippen LogP contribution < -0.4 is 0 Å². The van der Waals surface area contributed by atoms with Gasteiger partial charge in [0.05, 0.1) is 6.10 Å². The highest BCUT2D eigenvalue weighted by atomic mass is 16.4. The number of likely N-dealkylation sites (N-methyl/N-ethyl adjacent to an activating group) is 1. The number of aromatic amines is 1. The summed E-state index contributed by atoms with van der Waals surface area (Å²) in [6.45, 7) is 2.59. The second-order valence-electron chi connectivity index (χ2n) is 7.85. The number of aromatic nitrogens is 3. The summed E-state index contributed by atoms with van der Waals surface area (Å²) < 4.78 is 0. The number of nitrogens with one attached hydrogen (secondary N) is 1. The van der Waals surface area contributed by atoms with Gasteiger partial charge >= 0.3 is 0 Å². The number of carbonyl (C=O) groups excluding carboxylic acids is 1. The number of fused-ring (bicyclic) bond motifs is 2. The zero-order valence-electron chi connectivity index (χ0n) is 16.4. The molecule has 2 fully saturated rings. The van der Waals surface area contributed by atoms with Gasteiger partial charge in [0, 0.05) is 31.6 Å². The second kappa shape index (κ2) is 8.24. The van der Waals surface area contributed by atoms with E-state index in [1.165, 1.54) is 0 Å². The van der Waals surface area contributed by atoms with Crippen LogP contribution in [0.3, 0.4) is 0 Å². The summed E-state index contributed by atoms with van der Waals surface area (Å²) >= 11 is 0. The van der Waals surface area contributed by atoms with Crippen LogP contribution in [0.4, 0.5) is 0 Å². The third kappa shape index (κ3) is 4.31. The van der Waals surface area contributed by atoms with Crippen LogP contribution in [0.2, 0.25) is 0 Å². The van der Waals surface area contributed by atoms with Gasteiger partial charge in [-0.25, -0.2) is 0 Å². The fraction of sp³-hybridized carbons (Fsp3) is 0.579. The molecule has 0 radical (unpaired) electrons. The van der Waals surface area contributed by atoms with E-state index in [4.69, 9.17) is 9.90 Å². The summed E-state index contributed by atoms with van der Waals surface area (Å²) in [4.78, 5) is 25.9. The van der Waals surface area contributed by atoms with Crippen LogP contribution >= 0.6 is 0 Å². The first-order chi connectivity index (χ1) is 13.3. The molecule has 1 aromatic heterocycles. The summed E-state index contributed by atoms with van der Waals surface area (Å²) in [5.41, 5.74) is 2.12. The molecule has 1 aliphatic heterocycles. The van der Waals surface area contributed by atoms with Gasteiger partial charge in [0.2, 0.25) is 0 Å². The SMILES string of the molecule is CC(=O)O.CN(C)[C@@H]1C[C@@H]2CN(C(=O)c3ccc4n[nH]nc4c3)C[C@@H]2C[C@H]1O. The number of rotatable bonds is 2. The fourth-order valence-corrected chi connectivity index (χ4v) is 4.28. The first-order valence-electron chi connectivity index (χ1n) is 9.40. The van der Waals surface area contributed by atoms with Crippen LogP contribution in [0, 0.1) is 11.8 Å². The lowest BCUT2D eigenvalue weighted by molar-refractivity contribution is -0.134. The molecule has 1 aromatic carbocycles. The van der Waals surface area contributed by atoms with Crippen molar-refractivity contribution in [1.82, 2.24) is 25.2 Å². The van der Waals surface area contributed by atoms with Gasteiger partial charge in [0.15, 0.2) is 0 Å². The summed E-state index contributed by atoms with van der Waals surface area (Å²) in [5.74, 6) is 0.0849. The van der Waals surface area contributed by atoms with E-state index in [0.29, 0.717) is 22.9 Å². The van der Waals surface area contributed by atoms with Gasteiger partial charge in [0.1, 0.15) is 11.0 Å². The number of aliphatic hydroxyl groups excluding tert-OH is 1. The summed E-state index contributed by atoms with van der Waals surface area (Å²) in [6.07, 6.45) is 1.42. The maximum absolute atomic E-state index is 12.8. The predicted octanol–water partition coefficient (Wildman–Crippen LogP) is 0.822. The lowest BCUT2D eigenvalue weighted by Crippen LogP contribution is -2.46. The molecule has 3 N–H and O–H groups in total. The number of carbonyl (C=O) groups is 2. The van der Waals surface area contributed by atoms with Crippen LogP contribution in [-0.2, 0) is 4.79 Å². The largest absolute Gasteiger partial charge is 0.481 e. The fourth-order valence-electron chi connectivity index (χ4n) is 4.28. The third-order valence-electron chi connectivity index (χ3n) is 5.62. The Labute approximate surface area is 163 Å². The number of amides is 1. The molecule has 4 rings (SSSR count). The first kappa shape index (κ1) is 20.2. The average molecular weight is 389 g/mol. The van der Waals surface area contributed by atoms with E-state index in [-0.39, 0.29) is 18.1 Å². The van der Waals surface area contributed by atoms with E-state index < -0.39 is 5.97 Å². The lowest BCUT2D eigenvalue weighted by Gasteiger charge is -2.38. The van der Waals surface area contributed by atoms with Crippen LogP contribution in [0.5, 0.6) is 0 Å². The number of aliphatic hydroxyl groups is 1. The minimum atomic E-state index is -0.833. The number of aliphatic carboxylic acids is 1. The molecule has 9 nitrogen and oxygen atoms in total. The van der Waals surface area contributed by atoms with Crippen molar-refractivity contribution in [3.05, 3.63) is 23.8 Å². The van der Waals surface area contributed by atoms with Crippen molar-refractivity contribution in [3.8, 4) is 0 Å². The average Bonchev–Trinajstić information content (AvgIpc) is 3.25. The monoisotopic (exact) mass is 389 g/mol. The van der Waals surface area contributed by atoms with Gasteiger partial charge in [-0.3, -0.25) is 9.59 Å². The van der Waals surface area contributed by atoms with Crippen molar-refractivity contribution in [1.29, 1.82) is 0 Å². The van der Waals surface area contributed by atoms with Crippen LogP contribution in [-0.4, -0.2) is 86.6 Å². The minimum Gasteiger partial charge on any atom is -0.481 e. The summed E-state index contributed by atoms with van der Waals surface area (Å²) in [6, 6.07) is 5.61. The number of carboxylic acid groups (broad SMARTS) is 1.